The second-order valence-corrected chi connectivity index (χ2v) is 7.51. The summed E-state index contributed by atoms with van der Waals surface area (Å²) in [4.78, 5) is 14.3. The molecule has 8 heteroatoms. The van der Waals surface area contributed by atoms with Gasteiger partial charge in [0.1, 0.15) is 11.6 Å². The van der Waals surface area contributed by atoms with Gasteiger partial charge < -0.3 is 9.64 Å². The van der Waals surface area contributed by atoms with Crippen molar-refractivity contribution in [3.8, 4) is 11.4 Å². The summed E-state index contributed by atoms with van der Waals surface area (Å²) in [6.45, 7) is 3.59. The Morgan fingerprint density at radius 3 is 2.62 bits per heavy atom. The minimum atomic E-state index is 0.169. The van der Waals surface area contributed by atoms with E-state index in [1.807, 2.05) is 52.4 Å². The Hall–Kier alpha value is -1.67. The highest BCUT2D eigenvalue weighted by atomic mass is 32.2. The summed E-state index contributed by atoms with van der Waals surface area (Å²) in [7, 11) is 1.64. The third-order valence-corrected chi connectivity index (χ3v) is 5.67. The van der Waals surface area contributed by atoms with Gasteiger partial charge in [0.25, 0.3) is 0 Å². The first-order chi connectivity index (χ1) is 11.7. The maximum Gasteiger partial charge on any atom is 0.233 e. The molecule has 1 aliphatic rings. The fourth-order valence-electron chi connectivity index (χ4n) is 2.50. The first-order valence-electron chi connectivity index (χ1n) is 7.74. The fraction of sp³-hybridized carbons (Fsp3) is 0.438. The molecule has 0 unspecified atom stereocenters. The molecule has 24 heavy (non-hydrogen) atoms. The Kier molecular flexibility index (Phi) is 5.68. The third-order valence-electron chi connectivity index (χ3n) is 3.81. The number of thioether (sulfide) groups is 2. The molecule has 2 heterocycles. The summed E-state index contributed by atoms with van der Waals surface area (Å²) in [5.74, 6) is 4.21. The minimum absolute atomic E-state index is 0.169. The van der Waals surface area contributed by atoms with Gasteiger partial charge in [0.2, 0.25) is 5.91 Å². The summed E-state index contributed by atoms with van der Waals surface area (Å²) in [6.07, 6.45) is 0. The Morgan fingerprint density at radius 2 is 1.96 bits per heavy atom. The Bertz CT molecular complexity index is 697. The highest BCUT2D eigenvalue weighted by Gasteiger charge is 2.19. The van der Waals surface area contributed by atoms with Crippen LogP contribution in [0.25, 0.3) is 5.69 Å². The molecule has 2 aromatic rings. The van der Waals surface area contributed by atoms with Crippen LogP contribution in [0.3, 0.4) is 0 Å². The van der Waals surface area contributed by atoms with E-state index in [0.717, 1.165) is 47.0 Å². The number of carbonyl (C=O) groups is 1. The first-order valence-corrected chi connectivity index (χ1v) is 9.88. The number of hydrogen-bond donors (Lipinski definition) is 0. The summed E-state index contributed by atoms with van der Waals surface area (Å²) in [5, 5.41) is 9.11. The molecule has 0 atom stereocenters. The highest BCUT2D eigenvalue weighted by molar-refractivity contribution is 8.00. The van der Waals surface area contributed by atoms with Gasteiger partial charge in [0.05, 0.1) is 12.9 Å². The predicted octanol–water partition coefficient (Wildman–Crippen LogP) is 2.25. The Balaban J connectivity index is 1.71. The van der Waals surface area contributed by atoms with Crippen LogP contribution in [0.2, 0.25) is 0 Å². The van der Waals surface area contributed by atoms with Crippen molar-refractivity contribution in [1.29, 1.82) is 0 Å². The number of hydrogen-bond acceptors (Lipinski definition) is 6. The summed E-state index contributed by atoms with van der Waals surface area (Å²) in [5.41, 5.74) is 0.961. The van der Waals surface area contributed by atoms with Crippen molar-refractivity contribution >= 4 is 29.4 Å². The molecular formula is C16H20N4O2S2. The van der Waals surface area contributed by atoms with Crippen molar-refractivity contribution in [2.75, 3.05) is 37.5 Å². The topological polar surface area (TPSA) is 60.2 Å². The standard InChI is InChI=1S/C16H20N4O2S2/c1-12-17-18-16(20(12)13-3-5-14(22-2)6-4-13)24-11-15(21)19-7-9-23-10-8-19/h3-6H,7-11H2,1-2H3. The Morgan fingerprint density at radius 1 is 1.25 bits per heavy atom. The summed E-state index contributed by atoms with van der Waals surface area (Å²) < 4.78 is 7.16. The molecule has 0 bridgehead atoms. The summed E-state index contributed by atoms with van der Waals surface area (Å²) in [6, 6.07) is 7.73. The summed E-state index contributed by atoms with van der Waals surface area (Å²) >= 11 is 3.33. The number of aryl methyl sites for hydroxylation is 1. The van der Waals surface area contributed by atoms with Crippen LogP contribution < -0.4 is 4.74 Å². The lowest BCUT2D eigenvalue weighted by atomic mass is 10.3. The lowest BCUT2D eigenvalue weighted by molar-refractivity contribution is -0.127. The molecule has 1 amide bonds. The molecule has 0 spiro atoms. The van der Waals surface area contributed by atoms with Gasteiger partial charge >= 0.3 is 0 Å². The zero-order chi connectivity index (χ0) is 16.9. The van der Waals surface area contributed by atoms with E-state index < -0.39 is 0 Å². The average molecular weight is 364 g/mol. The normalized spacial score (nSPS) is 14.7. The van der Waals surface area contributed by atoms with E-state index in [9.17, 15) is 4.79 Å². The average Bonchev–Trinajstić information content (AvgIpc) is 3.01. The van der Waals surface area contributed by atoms with Gasteiger partial charge in [-0.25, -0.2) is 0 Å². The van der Waals surface area contributed by atoms with Gasteiger partial charge in [-0.05, 0) is 31.2 Å². The van der Waals surface area contributed by atoms with Crippen LogP contribution in [0.4, 0.5) is 0 Å². The lowest BCUT2D eigenvalue weighted by Crippen LogP contribution is -2.39. The van der Waals surface area contributed by atoms with E-state index in [1.54, 1.807) is 7.11 Å². The fourth-order valence-corrected chi connectivity index (χ4v) is 4.30. The van der Waals surface area contributed by atoms with Crippen LogP contribution in [0.15, 0.2) is 29.4 Å². The minimum Gasteiger partial charge on any atom is -0.497 e. The zero-order valence-electron chi connectivity index (χ0n) is 13.8. The van der Waals surface area contributed by atoms with Gasteiger partial charge in [-0.3, -0.25) is 9.36 Å². The Labute approximate surface area is 150 Å². The molecule has 128 valence electrons. The molecule has 1 fully saturated rings. The number of rotatable bonds is 5. The third kappa shape index (κ3) is 3.87. The van der Waals surface area contributed by atoms with Crippen LogP contribution >= 0.6 is 23.5 Å². The number of nitrogens with zero attached hydrogens (tertiary/aromatic N) is 4. The lowest BCUT2D eigenvalue weighted by Gasteiger charge is -2.26. The SMILES string of the molecule is COc1ccc(-n2c(C)nnc2SCC(=O)N2CCSCC2)cc1. The highest BCUT2D eigenvalue weighted by Crippen LogP contribution is 2.24. The molecule has 1 aromatic heterocycles. The molecule has 0 saturated carbocycles. The number of methoxy groups -OCH3 is 1. The van der Waals surface area contributed by atoms with Gasteiger partial charge in [-0.15, -0.1) is 10.2 Å². The van der Waals surface area contributed by atoms with Crippen LogP contribution in [-0.4, -0.2) is 63.0 Å². The number of amides is 1. The molecule has 0 N–H and O–H groups in total. The van der Waals surface area contributed by atoms with Gasteiger partial charge in [-0.1, -0.05) is 11.8 Å². The van der Waals surface area contributed by atoms with Gasteiger partial charge in [0.15, 0.2) is 5.16 Å². The van der Waals surface area contributed by atoms with Gasteiger partial charge in [-0.2, -0.15) is 11.8 Å². The number of ether oxygens (including phenoxy) is 1. The van der Waals surface area contributed by atoms with E-state index in [4.69, 9.17) is 4.74 Å². The van der Waals surface area contributed by atoms with Gasteiger partial charge in [0, 0.05) is 30.3 Å². The number of aromatic nitrogens is 3. The van der Waals surface area contributed by atoms with Crippen molar-refractivity contribution in [1.82, 2.24) is 19.7 Å². The van der Waals surface area contributed by atoms with Crippen LogP contribution in [0.1, 0.15) is 5.82 Å². The van der Waals surface area contributed by atoms with Crippen molar-refractivity contribution in [2.45, 2.75) is 12.1 Å². The molecule has 0 radical (unpaired) electrons. The van der Waals surface area contributed by atoms with E-state index >= 15 is 0 Å². The molecule has 1 aliphatic heterocycles. The largest absolute Gasteiger partial charge is 0.497 e. The van der Waals surface area contributed by atoms with E-state index in [1.165, 1.54) is 11.8 Å². The van der Waals surface area contributed by atoms with Crippen molar-refractivity contribution in [2.24, 2.45) is 0 Å². The maximum absolute atomic E-state index is 12.3. The van der Waals surface area contributed by atoms with Crippen molar-refractivity contribution in [3.05, 3.63) is 30.1 Å². The molecular weight excluding hydrogens is 344 g/mol. The monoisotopic (exact) mass is 364 g/mol. The quantitative estimate of drug-likeness (QED) is 0.759. The van der Waals surface area contributed by atoms with Crippen molar-refractivity contribution < 1.29 is 9.53 Å². The zero-order valence-corrected chi connectivity index (χ0v) is 15.4. The smallest absolute Gasteiger partial charge is 0.233 e. The van der Waals surface area contributed by atoms with Crippen LogP contribution in [-0.2, 0) is 4.79 Å². The molecule has 0 aliphatic carbocycles. The second kappa shape index (κ2) is 7.94. The van der Waals surface area contributed by atoms with E-state index in [0.29, 0.717) is 5.75 Å². The number of benzene rings is 1. The molecule has 1 aromatic carbocycles. The first kappa shape index (κ1) is 17.2. The van der Waals surface area contributed by atoms with Crippen LogP contribution in [0.5, 0.6) is 5.75 Å². The predicted molar refractivity (Wildman–Crippen MR) is 97.3 cm³/mol. The molecule has 1 saturated heterocycles. The number of carbonyl (C=O) groups excluding carboxylic acids is 1. The van der Waals surface area contributed by atoms with E-state index in [2.05, 4.69) is 10.2 Å². The van der Waals surface area contributed by atoms with Crippen LogP contribution in [0, 0.1) is 6.92 Å². The molecule has 3 rings (SSSR count). The molecule has 6 nitrogen and oxygen atoms in total. The second-order valence-electron chi connectivity index (χ2n) is 5.35. The van der Waals surface area contributed by atoms with E-state index in [-0.39, 0.29) is 5.91 Å². The maximum atomic E-state index is 12.3. The van der Waals surface area contributed by atoms with Crippen molar-refractivity contribution in [3.63, 3.8) is 0 Å².